The van der Waals surface area contributed by atoms with Crippen LogP contribution in [0.3, 0.4) is 0 Å². The summed E-state index contributed by atoms with van der Waals surface area (Å²) in [4.78, 5) is 17.3. The second-order valence-electron chi connectivity index (χ2n) is 14.3. The lowest BCUT2D eigenvalue weighted by molar-refractivity contribution is -0.341. The molecule has 2 aromatic carbocycles. The van der Waals surface area contributed by atoms with Crippen molar-refractivity contribution in [3.63, 3.8) is 0 Å². The number of H-pyrrole nitrogens is 1. The molecule has 0 amide bonds. The molecule has 0 bridgehead atoms. The number of morpholine rings is 1. The molecule has 1 fully saturated rings. The molecule has 1 aliphatic rings. The lowest BCUT2D eigenvalue weighted by atomic mass is 9.78. The molecular weight excluding hydrogens is 724 g/mol. The third-order valence-electron chi connectivity index (χ3n) is 10.4. The number of alkyl halides is 6. The standard InChI is InChI=1S/C34H44F7N4O6P.50H2/c1-18(2)32(9,24-15-21(33(36,37)38)16-25(20(24)4)34(39,40)41)51-28-27(23-13-12-22(35)14-19(23)3)44(30(5,6)31(7,8)50-28)17-26-42-29(46)45(43-26)52(47,48-10)49-11;;;;;;;;;;;;;;;;;;;;;;;;;;;;;;;;;;;;;;;;;;;;;;;;;;/h12-16,18,27-28H,17H2,1-11H3,(H,42,43,46);50*1H/t27-,28+,32+;;;;;;;;;;;;;;;;;;;;;;;;;;;;;;;;;;;;;;;;;;;;;;;;;;/m0................................................../s1. The van der Waals surface area contributed by atoms with Crippen molar-refractivity contribution in [2.45, 2.75) is 110 Å². The van der Waals surface area contributed by atoms with E-state index in [9.17, 15) is 40.1 Å². The Bertz CT molecular complexity index is 2000. The lowest BCUT2D eigenvalue weighted by Gasteiger charge is -2.59. The summed E-state index contributed by atoms with van der Waals surface area (Å²) in [5.41, 5.74) is -7.84. The van der Waals surface area contributed by atoms with Crippen LogP contribution in [0.4, 0.5) is 30.7 Å². The van der Waals surface area contributed by atoms with Crippen LogP contribution < -0.4 is 5.69 Å². The zero-order chi connectivity index (χ0) is 39.6. The second kappa shape index (κ2) is 14.0. The summed E-state index contributed by atoms with van der Waals surface area (Å²) < 4.78 is 137. The fourth-order valence-electron chi connectivity index (χ4n) is 6.44. The highest BCUT2D eigenvalue weighted by molar-refractivity contribution is 7.51. The minimum Gasteiger partial charge on any atom is -0.343 e. The molecule has 52 heavy (non-hydrogen) atoms. The Morgan fingerprint density at radius 2 is 1.58 bits per heavy atom. The number of nitrogens with zero attached hydrogens (tertiary/aromatic N) is 3. The van der Waals surface area contributed by atoms with Gasteiger partial charge in [0.2, 0.25) is 0 Å². The Morgan fingerprint density at radius 1 is 1.00 bits per heavy atom. The van der Waals surface area contributed by atoms with Gasteiger partial charge in [-0.2, -0.15) is 26.3 Å². The molecule has 1 saturated heterocycles. The molecule has 0 saturated carbocycles. The Balaban J connectivity index is -0.0000000134. The number of aromatic amines is 1. The van der Waals surface area contributed by atoms with E-state index < -0.39 is 83.3 Å². The van der Waals surface area contributed by atoms with Crippen molar-refractivity contribution in [3.8, 4) is 0 Å². The van der Waals surface area contributed by atoms with Crippen LogP contribution in [-0.4, -0.2) is 51.1 Å². The first-order valence-electron chi connectivity index (χ1n) is 16.2. The van der Waals surface area contributed by atoms with Gasteiger partial charge in [-0.3, -0.25) is 18.9 Å². The maximum Gasteiger partial charge on any atom is 0.459 e. The van der Waals surface area contributed by atoms with Gasteiger partial charge in [-0.1, -0.05) is 19.9 Å². The van der Waals surface area contributed by atoms with Gasteiger partial charge in [0.1, 0.15) is 11.6 Å². The monoisotopic (exact) mass is 869 g/mol. The first-order chi connectivity index (χ1) is 23.6. The van der Waals surface area contributed by atoms with E-state index in [0.717, 1.165) is 21.1 Å². The van der Waals surface area contributed by atoms with E-state index in [1.54, 1.807) is 34.6 Å². The number of nitrogens with one attached hydrogen (secondary N) is 1. The van der Waals surface area contributed by atoms with Crippen molar-refractivity contribution >= 4 is 7.75 Å². The highest BCUT2D eigenvalue weighted by Gasteiger charge is 2.57. The number of rotatable bonds is 10. The van der Waals surface area contributed by atoms with Gasteiger partial charge in [0.15, 0.2) is 6.29 Å². The van der Waals surface area contributed by atoms with Crippen LogP contribution in [0.25, 0.3) is 0 Å². The zero-order valence-electron chi connectivity index (χ0n) is 30.7. The number of aryl methyl sites for hydroxylation is 1. The van der Waals surface area contributed by atoms with Crippen molar-refractivity contribution in [1.82, 2.24) is 19.4 Å². The zero-order valence-corrected chi connectivity index (χ0v) is 31.6. The van der Waals surface area contributed by atoms with Crippen LogP contribution in [0.15, 0.2) is 35.1 Å². The van der Waals surface area contributed by atoms with Crippen LogP contribution in [0.2, 0.25) is 0 Å². The molecule has 1 aromatic heterocycles. The van der Waals surface area contributed by atoms with E-state index >= 15 is 0 Å². The van der Waals surface area contributed by atoms with Crippen molar-refractivity contribution in [2.24, 2.45) is 5.92 Å². The van der Waals surface area contributed by atoms with Gasteiger partial charge < -0.3 is 9.47 Å². The van der Waals surface area contributed by atoms with Gasteiger partial charge in [0, 0.05) is 91.1 Å². The van der Waals surface area contributed by atoms with Crippen molar-refractivity contribution in [2.75, 3.05) is 14.2 Å². The molecule has 4 rings (SSSR count). The summed E-state index contributed by atoms with van der Waals surface area (Å²) in [6.45, 7) is 14.2. The van der Waals surface area contributed by atoms with Gasteiger partial charge in [0.05, 0.1) is 34.9 Å². The van der Waals surface area contributed by atoms with Crippen molar-refractivity contribution < 1.29 is 125 Å². The fourth-order valence-corrected chi connectivity index (χ4v) is 7.38. The molecule has 3 aromatic rings. The normalized spacial score (nSPS) is 21.1. The van der Waals surface area contributed by atoms with E-state index in [4.69, 9.17) is 18.5 Å². The maximum absolute atomic E-state index is 14.5. The maximum atomic E-state index is 14.5. The summed E-state index contributed by atoms with van der Waals surface area (Å²) in [6.07, 6.45) is -11.7. The molecule has 390 valence electrons. The fraction of sp³-hybridized carbons (Fsp3) is 0.588. The molecule has 18 heteroatoms. The van der Waals surface area contributed by atoms with Gasteiger partial charge >= 0.3 is 25.8 Å². The molecule has 0 radical (unpaired) electrons. The molecule has 0 spiro atoms. The SMILES string of the molecule is COP(=O)(OC)n1nc(CN2[C@@H](c3ccc(F)cc3C)[C@@H](O[C@@](C)(c3cc(C(F)(F)F)cc(C(F)(F)F)c3C)C(C)C)OC(C)(C)C2(C)C)[nH]c1=O.[HH].[HH].[HH].[HH].[HH].[HH].[HH].[HH].[HH].[HH].[HH].[HH].[HH].[HH].[HH].[HH].[HH].[HH].[HH].[HH].[HH].[HH].[HH].[HH].[HH].[HH].[HH].[HH].[HH].[HH].[HH].[HH].[HH].[HH].[HH].[HH].[HH].[HH].[HH].[HH].[HH].[HH].[HH].[HH].[HH].[HH].[HH].[HH].[HH].[HH]. The number of aromatic nitrogens is 3. The van der Waals surface area contributed by atoms with Crippen LogP contribution in [0.5, 0.6) is 0 Å². The quantitative estimate of drug-likeness (QED) is 0.159. The molecule has 3 atom stereocenters. The molecule has 0 aliphatic carbocycles. The molecular formula is C34H144F7N4O6P. The van der Waals surface area contributed by atoms with Gasteiger partial charge in [-0.05, 0) is 101 Å². The first-order valence-corrected chi connectivity index (χ1v) is 17.7. The first kappa shape index (κ1) is 41.7. The van der Waals surface area contributed by atoms with Crippen molar-refractivity contribution in [1.29, 1.82) is 0 Å². The predicted octanol–water partition coefficient (Wildman–Crippen LogP) is 21.0. The average Bonchev–Trinajstić information content (AvgIpc) is 3.39. The van der Waals surface area contributed by atoms with E-state index in [-0.39, 0.29) is 95.3 Å². The predicted molar refractivity (Wildman–Crippen MR) is 282 cm³/mol. The average molecular weight is 870 g/mol. The molecule has 1 aliphatic heterocycles. The number of benzene rings is 2. The summed E-state index contributed by atoms with van der Waals surface area (Å²) in [6, 6.07) is 3.64. The van der Waals surface area contributed by atoms with Gasteiger partial charge in [0.25, 0.3) is 0 Å². The third kappa shape index (κ3) is 7.49. The van der Waals surface area contributed by atoms with Crippen LogP contribution in [-0.2, 0) is 47.6 Å². The van der Waals surface area contributed by atoms with Crippen LogP contribution in [0, 0.1) is 25.6 Å². The van der Waals surface area contributed by atoms with E-state index in [0.29, 0.717) is 21.6 Å². The summed E-state index contributed by atoms with van der Waals surface area (Å²) >= 11 is 0. The van der Waals surface area contributed by atoms with E-state index in [2.05, 4.69) is 10.1 Å². The number of ether oxygens (including phenoxy) is 2. The Hall–Kier alpha value is -3.08. The van der Waals surface area contributed by atoms with Crippen molar-refractivity contribution in [3.05, 3.63) is 85.8 Å². The minimum absolute atomic E-state index is 0. The summed E-state index contributed by atoms with van der Waals surface area (Å²) in [7, 11) is -2.03. The Kier molecular flexibility index (Phi) is 11.2. The molecule has 0 unspecified atom stereocenters. The number of hydrogen-bond donors (Lipinski definition) is 1. The second-order valence-corrected chi connectivity index (χ2v) is 16.3. The van der Waals surface area contributed by atoms with E-state index in [1.807, 2.05) is 18.7 Å². The van der Waals surface area contributed by atoms with Gasteiger partial charge in [-0.15, -0.1) is 9.55 Å². The van der Waals surface area contributed by atoms with Crippen LogP contribution >= 0.6 is 7.75 Å². The topological polar surface area (TPSA) is 108 Å². The van der Waals surface area contributed by atoms with Crippen LogP contribution in [0.1, 0.15) is 165 Å². The highest BCUT2D eigenvalue weighted by Crippen LogP contribution is 2.52. The summed E-state index contributed by atoms with van der Waals surface area (Å²) in [5.74, 6) is -1.31. The Labute approximate surface area is 371 Å². The summed E-state index contributed by atoms with van der Waals surface area (Å²) in [5, 5.41) is 4.19. The molecule has 1 N–H and O–H groups in total. The molecule has 10 nitrogen and oxygen atoms in total. The third-order valence-corrected chi connectivity index (χ3v) is 12.1. The lowest BCUT2D eigenvalue weighted by Crippen LogP contribution is -2.68. The minimum atomic E-state index is -5.12. The highest BCUT2D eigenvalue weighted by atomic mass is 31.2. The molecule has 2 heterocycles. The number of hydrogen-bond acceptors (Lipinski definition) is 8. The largest absolute Gasteiger partial charge is 0.459 e. The van der Waals surface area contributed by atoms with Gasteiger partial charge in [-0.25, -0.2) is 13.8 Å². The van der Waals surface area contributed by atoms with E-state index in [1.165, 1.54) is 25.1 Å². The smallest absolute Gasteiger partial charge is 0.343 e. The number of halogens is 7. The Morgan fingerprint density at radius 3 is 2.08 bits per heavy atom.